The molecule has 0 fully saturated rings. The minimum Gasteiger partial charge on any atom is -0.339 e. The lowest BCUT2D eigenvalue weighted by atomic mass is 10.2. The molecule has 0 aliphatic rings. The second-order valence-electron chi connectivity index (χ2n) is 6.93. The van der Waals surface area contributed by atoms with E-state index in [1.165, 1.54) is 24.3 Å². The van der Waals surface area contributed by atoms with Crippen LogP contribution in [-0.4, -0.2) is 29.4 Å². The van der Waals surface area contributed by atoms with E-state index in [-0.39, 0.29) is 23.6 Å². The Bertz CT molecular complexity index is 1340. The van der Waals surface area contributed by atoms with E-state index in [2.05, 4.69) is 25.2 Å². The SMILES string of the molecule is O=C(CCc1nc(-c2ccncc2)no1)Nc1ccc(NS(=O)(=O)c2ccc(F)cc2)cc1. The van der Waals surface area contributed by atoms with Crippen LogP contribution in [0.25, 0.3) is 11.4 Å². The molecule has 0 unspecified atom stereocenters. The van der Waals surface area contributed by atoms with Gasteiger partial charge in [-0.2, -0.15) is 4.98 Å². The van der Waals surface area contributed by atoms with E-state index in [1.807, 2.05) is 0 Å². The molecule has 0 saturated heterocycles. The van der Waals surface area contributed by atoms with Gasteiger partial charge >= 0.3 is 0 Å². The summed E-state index contributed by atoms with van der Waals surface area (Å²) in [7, 11) is -3.85. The Morgan fingerprint density at radius 3 is 2.30 bits per heavy atom. The maximum Gasteiger partial charge on any atom is 0.261 e. The summed E-state index contributed by atoms with van der Waals surface area (Å²) in [6.45, 7) is 0. The fourth-order valence-electron chi connectivity index (χ4n) is 2.87. The number of hydrogen-bond acceptors (Lipinski definition) is 7. The van der Waals surface area contributed by atoms with Gasteiger partial charge in [0.1, 0.15) is 5.82 Å². The predicted molar refractivity (Wildman–Crippen MR) is 118 cm³/mol. The quantitative estimate of drug-likeness (QED) is 0.405. The Kier molecular flexibility index (Phi) is 6.41. The fourth-order valence-corrected chi connectivity index (χ4v) is 3.93. The minimum atomic E-state index is -3.85. The highest BCUT2D eigenvalue weighted by Crippen LogP contribution is 2.19. The molecular formula is C22H18FN5O4S. The molecule has 0 spiro atoms. The summed E-state index contributed by atoms with van der Waals surface area (Å²) in [5.41, 5.74) is 1.55. The lowest BCUT2D eigenvalue weighted by molar-refractivity contribution is -0.116. The number of hydrogen-bond donors (Lipinski definition) is 2. The number of aromatic nitrogens is 3. The lowest BCUT2D eigenvalue weighted by Crippen LogP contribution is -2.14. The standard InChI is InChI=1S/C22H18FN5O4S/c23-16-1-7-19(8-2-16)33(30,31)28-18-5-3-17(4-6-18)25-20(29)9-10-21-26-22(27-32-21)15-11-13-24-14-12-15/h1-8,11-14,28H,9-10H2,(H,25,29). The van der Waals surface area contributed by atoms with Crippen molar-refractivity contribution in [1.82, 2.24) is 15.1 Å². The molecule has 168 valence electrons. The number of amides is 1. The highest BCUT2D eigenvalue weighted by Gasteiger charge is 2.15. The van der Waals surface area contributed by atoms with Crippen molar-refractivity contribution in [2.24, 2.45) is 0 Å². The van der Waals surface area contributed by atoms with E-state index in [0.29, 0.717) is 23.1 Å². The van der Waals surface area contributed by atoms with Crippen LogP contribution >= 0.6 is 0 Å². The summed E-state index contributed by atoms with van der Waals surface area (Å²) in [6.07, 6.45) is 3.63. The molecule has 9 nitrogen and oxygen atoms in total. The maximum absolute atomic E-state index is 13.0. The van der Waals surface area contributed by atoms with E-state index in [9.17, 15) is 17.6 Å². The topological polar surface area (TPSA) is 127 Å². The molecular weight excluding hydrogens is 449 g/mol. The summed E-state index contributed by atoms with van der Waals surface area (Å²) in [6, 6.07) is 14.2. The molecule has 0 bridgehead atoms. The average molecular weight is 467 g/mol. The van der Waals surface area contributed by atoms with Crippen LogP contribution in [0.2, 0.25) is 0 Å². The first-order valence-corrected chi connectivity index (χ1v) is 11.3. The Labute approximate surface area is 188 Å². The van der Waals surface area contributed by atoms with Gasteiger partial charge in [-0.3, -0.25) is 14.5 Å². The largest absolute Gasteiger partial charge is 0.339 e. The van der Waals surface area contributed by atoms with Gasteiger partial charge < -0.3 is 9.84 Å². The normalized spacial score (nSPS) is 11.2. The van der Waals surface area contributed by atoms with Crippen LogP contribution in [0.4, 0.5) is 15.8 Å². The van der Waals surface area contributed by atoms with Crippen molar-refractivity contribution in [2.45, 2.75) is 17.7 Å². The molecule has 2 aromatic heterocycles. The van der Waals surface area contributed by atoms with E-state index >= 15 is 0 Å². The number of anilines is 2. The number of nitrogens with one attached hydrogen (secondary N) is 2. The molecule has 33 heavy (non-hydrogen) atoms. The van der Waals surface area contributed by atoms with Crippen molar-refractivity contribution in [3.05, 3.63) is 84.8 Å². The number of carbonyl (C=O) groups excluding carboxylic acids is 1. The first-order valence-electron chi connectivity index (χ1n) is 9.80. The number of benzene rings is 2. The summed E-state index contributed by atoms with van der Waals surface area (Å²) in [5, 5.41) is 6.62. The molecule has 1 amide bonds. The molecule has 0 saturated carbocycles. The van der Waals surface area contributed by atoms with Crippen LogP contribution in [0, 0.1) is 5.82 Å². The van der Waals surface area contributed by atoms with Crippen molar-refractivity contribution in [3.63, 3.8) is 0 Å². The highest BCUT2D eigenvalue weighted by atomic mass is 32.2. The van der Waals surface area contributed by atoms with Crippen LogP contribution in [-0.2, 0) is 21.2 Å². The van der Waals surface area contributed by atoms with Crippen LogP contribution in [0.1, 0.15) is 12.3 Å². The molecule has 2 N–H and O–H groups in total. The van der Waals surface area contributed by atoms with Crippen molar-refractivity contribution < 1.29 is 22.1 Å². The van der Waals surface area contributed by atoms with Crippen molar-refractivity contribution in [1.29, 1.82) is 0 Å². The minimum absolute atomic E-state index is 0.0607. The Morgan fingerprint density at radius 1 is 0.939 bits per heavy atom. The number of halogens is 1. The maximum atomic E-state index is 13.0. The first kappa shape index (κ1) is 22.1. The monoisotopic (exact) mass is 467 g/mol. The molecule has 0 radical (unpaired) electrons. The van der Waals surface area contributed by atoms with Gasteiger partial charge in [-0.15, -0.1) is 0 Å². The summed E-state index contributed by atoms with van der Waals surface area (Å²) in [4.78, 5) is 20.4. The smallest absolute Gasteiger partial charge is 0.261 e. The second kappa shape index (κ2) is 9.57. The van der Waals surface area contributed by atoms with Crippen LogP contribution in [0.3, 0.4) is 0 Å². The lowest BCUT2D eigenvalue weighted by Gasteiger charge is -2.09. The number of nitrogens with zero attached hydrogens (tertiary/aromatic N) is 3. The number of pyridine rings is 1. The van der Waals surface area contributed by atoms with Crippen LogP contribution < -0.4 is 10.0 Å². The molecule has 11 heteroatoms. The van der Waals surface area contributed by atoms with E-state index < -0.39 is 15.8 Å². The van der Waals surface area contributed by atoms with Gasteiger partial charge in [0.25, 0.3) is 10.0 Å². The molecule has 0 atom stereocenters. The van der Waals surface area contributed by atoms with Gasteiger partial charge in [0.05, 0.1) is 4.90 Å². The van der Waals surface area contributed by atoms with E-state index in [1.54, 1.807) is 36.7 Å². The molecule has 2 heterocycles. The first-order chi connectivity index (χ1) is 15.9. The third-order valence-corrected chi connectivity index (χ3v) is 5.91. The highest BCUT2D eigenvalue weighted by molar-refractivity contribution is 7.92. The average Bonchev–Trinajstić information content (AvgIpc) is 3.29. The van der Waals surface area contributed by atoms with Gasteiger partial charge in [0.2, 0.25) is 17.6 Å². The number of carbonyl (C=O) groups is 1. The molecule has 0 aliphatic carbocycles. The predicted octanol–water partition coefficient (Wildman–Crippen LogP) is 3.64. The van der Waals surface area contributed by atoms with Gasteiger partial charge in [-0.1, -0.05) is 5.16 Å². The third-order valence-electron chi connectivity index (χ3n) is 4.52. The summed E-state index contributed by atoms with van der Waals surface area (Å²) < 4.78 is 45.3. The number of sulfonamides is 1. The Morgan fingerprint density at radius 2 is 1.61 bits per heavy atom. The van der Waals surface area contributed by atoms with Crippen molar-refractivity contribution >= 4 is 27.3 Å². The van der Waals surface area contributed by atoms with Crippen LogP contribution in [0.5, 0.6) is 0 Å². The van der Waals surface area contributed by atoms with E-state index in [4.69, 9.17) is 4.52 Å². The van der Waals surface area contributed by atoms with Crippen molar-refractivity contribution in [2.75, 3.05) is 10.0 Å². The van der Waals surface area contributed by atoms with Crippen molar-refractivity contribution in [3.8, 4) is 11.4 Å². The molecule has 2 aromatic carbocycles. The third kappa shape index (κ3) is 5.77. The molecule has 0 aliphatic heterocycles. The van der Waals surface area contributed by atoms with Gasteiger partial charge in [0.15, 0.2) is 0 Å². The number of aryl methyl sites for hydroxylation is 1. The zero-order valence-corrected chi connectivity index (χ0v) is 17.9. The second-order valence-corrected chi connectivity index (χ2v) is 8.61. The molecule has 4 rings (SSSR count). The zero-order chi connectivity index (χ0) is 23.3. The fraction of sp³-hybridized carbons (Fsp3) is 0.0909. The van der Waals surface area contributed by atoms with E-state index in [0.717, 1.165) is 17.7 Å². The molecule has 4 aromatic rings. The van der Waals surface area contributed by atoms with Crippen LogP contribution in [0.15, 0.2) is 82.5 Å². The van der Waals surface area contributed by atoms with Gasteiger partial charge in [-0.05, 0) is 60.7 Å². The number of rotatable bonds is 8. The Hall–Kier alpha value is -4.12. The Balaban J connectivity index is 1.30. The zero-order valence-electron chi connectivity index (χ0n) is 17.1. The van der Waals surface area contributed by atoms with Gasteiger partial charge in [-0.25, -0.2) is 12.8 Å². The summed E-state index contributed by atoms with van der Waals surface area (Å²) >= 11 is 0. The van der Waals surface area contributed by atoms with Gasteiger partial charge in [0, 0.05) is 42.2 Å². The summed E-state index contributed by atoms with van der Waals surface area (Å²) in [5.74, 6) is -0.0328.